The van der Waals surface area contributed by atoms with Gasteiger partial charge in [0, 0.05) is 12.5 Å². The molecule has 0 amide bonds. The van der Waals surface area contributed by atoms with Crippen LogP contribution in [0.4, 0.5) is 0 Å². The molecule has 0 fully saturated rings. The number of carbonyl (C=O) groups is 1. The van der Waals surface area contributed by atoms with Gasteiger partial charge in [0.2, 0.25) is 0 Å². The van der Waals surface area contributed by atoms with Crippen molar-refractivity contribution < 1.29 is 14.3 Å². The second-order valence-corrected chi connectivity index (χ2v) is 3.32. The molecule has 0 spiro atoms. The number of hydrogen-bond acceptors (Lipinski definition) is 3. The fraction of sp³-hybridized carbons (Fsp3) is 0.250. The Morgan fingerprint density at radius 2 is 2.13 bits per heavy atom. The molecule has 0 bridgehead atoms. The first-order chi connectivity index (χ1) is 7.34. The fourth-order valence-corrected chi connectivity index (χ4v) is 1.38. The molecule has 1 aliphatic rings. The highest BCUT2D eigenvalue weighted by molar-refractivity contribution is 5.82. The van der Waals surface area contributed by atoms with Gasteiger partial charge in [0.1, 0.15) is 18.5 Å². The molecule has 0 radical (unpaired) electrons. The molecule has 15 heavy (non-hydrogen) atoms. The van der Waals surface area contributed by atoms with E-state index in [4.69, 9.17) is 9.47 Å². The molecule has 1 aliphatic heterocycles. The number of cyclic esters (lactones) is 1. The van der Waals surface area contributed by atoms with E-state index >= 15 is 0 Å². The lowest BCUT2D eigenvalue weighted by atomic mass is 10.2. The van der Waals surface area contributed by atoms with E-state index in [0.717, 1.165) is 12.2 Å². The lowest BCUT2D eigenvalue weighted by molar-refractivity contribution is -0.145. The Morgan fingerprint density at radius 1 is 1.33 bits per heavy atom. The molecule has 1 aromatic carbocycles. The molecule has 3 heteroatoms. The summed E-state index contributed by atoms with van der Waals surface area (Å²) in [5.41, 5.74) is 0. The summed E-state index contributed by atoms with van der Waals surface area (Å²) in [6, 6.07) is 9.49. The van der Waals surface area contributed by atoms with Gasteiger partial charge < -0.3 is 9.47 Å². The molecule has 0 N–H and O–H groups in total. The van der Waals surface area contributed by atoms with E-state index in [1.807, 2.05) is 36.4 Å². The van der Waals surface area contributed by atoms with Crippen molar-refractivity contribution in [2.75, 3.05) is 6.61 Å². The Kier molecular flexibility index (Phi) is 3.02. The topological polar surface area (TPSA) is 35.5 Å². The molecule has 0 aromatic heterocycles. The van der Waals surface area contributed by atoms with Gasteiger partial charge in [-0.05, 0) is 12.1 Å². The van der Waals surface area contributed by atoms with Crippen LogP contribution in [0.25, 0.3) is 0 Å². The molecule has 0 saturated carbocycles. The number of carbonyl (C=O) groups excluding carboxylic acids is 1. The van der Waals surface area contributed by atoms with Gasteiger partial charge in [-0.3, -0.25) is 0 Å². The molecule has 1 unspecified atom stereocenters. The van der Waals surface area contributed by atoms with E-state index in [0.29, 0.717) is 6.61 Å². The summed E-state index contributed by atoms with van der Waals surface area (Å²) in [4.78, 5) is 10.9. The molecular weight excluding hydrogens is 192 g/mol. The Hall–Kier alpha value is -1.77. The van der Waals surface area contributed by atoms with Crippen LogP contribution in [0, 0.1) is 0 Å². The highest BCUT2D eigenvalue weighted by Crippen LogP contribution is 2.12. The second-order valence-electron chi connectivity index (χ2n) is 3.32. The molecule has 1 heterocycles. The van der Waals surface area contributed by atoms with Gasteiger partial charge in [0.25, 0.3) is 0 Å². The lowest BCUT2D eigenvalue weighted by Gasteiger charge is -2.18. The molecule has 1 atom stereocenters. The second kappa shape index (κ2) is 4.64. The Bertz CT molecular complexity index is 356. The van der Waals surface area contributed by atoms with Crippen LogP contribution in [0.1, 0.15) is 6.42 Å². The third-order valence-electron chi connectivity index (χ3n) is 2.11. The van der Waals surface area contributed by atoms with Crippen molar-refractivity contribution >= 4 is 5.97 Å². The van der Waals surface area contributed by atoms with Crippen molar-refractivity contribution in [3.8, 4) is 5.75 Å². The number of hydrogen-bond donors (Lipinski definition) is 0. The SMILES string of the molecule is O=C1C=CCC(COc2ccccc2)O1. The third-order valence-corrected chi connectivity index (χ3v) is 2.11. The van der Waals surface area contributed by atoms with Crippen molar-refractivity contribution in [3.63, 3.8) is 0 Å². The predicted molar refractivity (Wildman–Crippen MR) is 55.6 cm³/mol. The highest BCUT2D eigenvalue weighted by atomic mass is 16.6. The van der Waals surface area contributed by atoms with Crippen LogP contribution in [-0.2, 0) is 9.53 Å². The maximum Gasteiger partial charge on any atom is 0.330 e. The van der Waals surface area contributed by atoms with Gasteiger partial charge in [-0.2, -0.15) is 0 Å². The molecule has 0 saturated heterocycles. The normalized spacial score (nSPS) is 19.7. The number of ether oxygens (including phenoxy) is 2. The van der Waals surface area contributed by atoms with Crippen LogP contribution in [-0.4, -0.2) is 18.7 Å². The number of benzene rings is 1. The summed E-state index contributed by atoms with van der Waals surface area (Å²) in [7, 11) is 0. The van der Waals surface area contributed by atoms with Gasteiger partial charge in [-0.1, -0.05) is 24.3 Å². The molecule has 0 aliphatic carbocycles. The maximum absolute atomic E-state index is 10.9. The van der Waals surface area contributed by atoms with E-state index in [1.165, 1.54) is 6.08 Å². The molecule has 2 rings (SSSR count). The van der Waals surface area contributed by atoms with Crippen LogP contribution in [0.15, 0.2) is 42.5 Å². The number of para-hydroxylation sites is 1. The highest BCUT2D eigenvalue weighted by Gasteiger charge is 2.16. The Labute approximate surface area is 88.3 Å². The van der Waals surface area contributed by atoms with E-state index in [2.05, 4.69) is 0 Å². The fourth-order valence-electron chi connectivity index (χ4n) is 1.38. The quantitative estimate of drug-likeness (QED) is 0.706. The van der Waals surface area contributed by atoms with Crippen molar-refractivity contribution in [1.82, 2.24) is 0 Å². The zero-order chi connectivity index (χ0) is 10.5. The standard InChI is InChI=1S/C12H12O3/c13-12-8-4-7-11(15-12)9-14-10-5-2-1-3-6-10/h1-6,8,11H,7,9H2. The average molecular weight is 204 g/mol. The molecule has 1 aromatic rings. The first kappa shape index (κ1) is 9.77. The zero-order valence-corrected chi connectivity index (χ0v) is 8.26. The van der Waals surface area contributed by atoms with E-state index in [-0.39, 0.29) is 12.1 Å². The van der Waals surface area contributed by atoms with Crippen LogP contribution in [0.2, 0.25) is 0 Å². The minimum absolute atomic E-state index is 0.164. The zero-order valence-electron chi connectivity index (χ0n) is 8.26. The van der Waals surface area contributed by atoms with E-state index in [9.17, 15) is 4.79 Å². The minimum atomic E-state index is -0.289. The minimum Gasteiger partial charge on any atom is -0.490 e. The van der Waals surface area contributed by atoms with Crippen molar-refractivity contribution in [2.24, 2.45) is 0 Å². The summed E-state index contributed by atoms with van der Waals surface area (Å²) in [5, 5.41) is 0. The monoisotopic (exact) mass is 204 g/mol. The van der Waals surface area contributed by atoms with E-state index < -0.39 is 0 Å². The Morgan fingerprint density at radius 3 is 2.87 bits per heavy atom. The smallest absolute Gasteiger partial charge is 0.330 e. The van der Waals surface area contributed by atoms with Gasteiger partial charge in [-0.15, -0.1) is 0 Å². The largest absolute Gasteiger partial charge is 0.490 e. The Balaban J connectivity index is 1.84. The molecule has 78 valence electrons. The van der Waals surface area contributed by atoms with Gasteiger partial charge in [0.15, 0.2) is 0 Å². The summed E-state index contributed by atoms with van der Waals surface area (Å²) >= 11 is 0. The van der Waals surface area contributed by atoms with Crippen molar-refractivity contribution in [3.05, 3.63) is 42.5 Å². The van der Waals surface area contributed by atoms with Crippen molar-refractivity contribution in [2.45, 2.75) is 12.5 Å². The summed E-state index contributed by atoms with van der Waals surface area (Å²) < 4.78 is 10.5. The molecule has 3 nitrogen and oxygen atoms in total. The summed E-state index contributed by atoms with van der Waals surface area (Å²) in [6.45, 7) is 0.403. The van der Waals surface area contributed by atoms with Crippen LogP contribution in [0.3, 0.4) is 0 Å². The molecular formula is C12H12O3. The van der Waals surface area contributed by atoms with Crippen LogP contribution < -0.4 is 4.74 Å². The third kappa shape index (κ3) is 2.84. The van der Waals surface area contributed by atoms with Gasteiger partial charge in [0.05, 0.1) is 0 Å². The van der Waals surface area contributed by atoms with Gasteiger partial charge >= 0.3 is 5.97 Å². The maximum atomic E-state index is 10.9. The van der Waals surface area contributed by atoms with E-state index in [1.54, 1.807) is 0 Å². The van der Waals surface area contributed by atoms with Crippen LogP contribution >= 0.6 is 0 Å². The lowest BCUT2D eigenvalue weighted by Crippen LogP contribution is -2.26. The predicted octanol–water partition coefficient (Wildman–Crippen LogP) is 1.94. The van der Waals surface area contributed by atoms with Gasteiger partial charge in [-0.25, -0.2) is 4.79 Å². The van der Waals surface area contributed by atoms with Crippen molar-refractivity contribution in [1.29, 1.82) is 0 Å². The average Bonchev–Trinajstić information content (AvgIpc) is 2.28. The first-order valence-corrected chi connectivity index (χ1v) is 4.89. The number of esters is 1. The van der Waals surface area contributed by atoms with Crippen LogP contribution in [0.5, 0.6) is 5.75 Å². The summed E-state index contributed by atoms with van der Waals surface area (Å²) in [5.74, 6) is 0.506. The number of rotatable bonds is 3. The first-order valence-electron chi connectivity index (χ1n) is 4.89. The summed E-state index contributed by atoms with van der Waals surface area (Å²) in [6.07, 6.45) is 3.81.